The molecule has 0 bridgehead atoms. The quantitative estimate of drug-likeness (QED) is 0.448. The normalized spacial score (nSPS) is 11.1. The molecule has 0 saturated heterocycles. The van der Waals surface area contributed by atoms with Gasteiger partial charge in [0.05, 0.1) is 22.8 Å². The zero-order valence-corrected chi connectivity index (χ0v) is 18.2. The second-order valence-electron chi connectivity index (χ2n) is 7.05. The minimum Gasteiger partial charge on any atom is -0.449 e. The lowest BCUT2D eigenvalue weighted by Crippen LogP contribution is -2.19. The minimum atomic E-state index is -0.760. The second kappa shape index (κ2) is 8.09. The number of para-hydroxylation sites is 1. The molecular weight excluding hydrogens is 439 g/mol. The summed E-state index contributed by atoms with van der Waals surface area (Å²) in [5.41, 5.74) is 9.01. The van der Waals surface area contributed by atoms with E-state index in [2.05, 4.69) is 10.4 Å². The number of furan rings is 1. The van der Waals surface area contributed by atoms with Gasteiger partial charge in [-0.1, -0.05) is 35.3 Å². The standard InChI is InChI=1S/C22H18Cl2N4O3/c1-11-15(12(2)28(27-11)17-8-7-13(23)9-16(17)24)10-19(29)26-20-14-5-3-4-6-18(14)31-21(20)22(25)30/h3-9H,10H2,1-2H3,(H2,25,30)(H,26,29). The van der Waals surface area contributed by atoms with Gasteiger partial charge in [-0.2, -0.15) is 5.10 Å². The number of nitrogens with two attached hydrogens (primary N) is 1. The fourth-order valence-electron chi connectivity index (χ4n) is 3.51. The summed E-state index contributed by atoms with van der Waals surface area (Å²) < 4.78 is 7.19. The predicted molar refractivity (Wildman–Crippen MR) is 120 cm³/mol. The Morgan fingerprint density at radius 2 is 1.90 bits per heavy atom. The lowest BCUT2D eigenvalue weighted by atomic mass is 10.1. The minimum absolute atomic E-state index is 0.0422. The molecule has 4 rings (SSSR count). The lowest BCUT2D eigenvalue weighted by molar-refractivity contribution is -0.115. The van der Waals surface area contributed by atoms with Crippen LogP contribution < -0.4 is 11.1 Å². The number of halogens is 2. The number of rotatable bonds is 5. The molecule has 0 saturated carbocycles. The molecule has 0 aliphatic rings. The average Bonchev–Trinajstić information content (AvgIpc) is 3.21. The van der Waals surface area contributed by atoms with E-state index in [4.69, 9.17) is 33.4 Å². The number of nitrogens with one attached hydrogen (secondary N) is 1. The van der Waals surface area contributed by atoms with Crippen molar-refractivity contribution in [2.45, 2.75) is 20.3 Å². The van der Waals surface area contributed by atoms with Crippen LogP contribution in [0.15, 0.2) is 46.9 Å². The highest BCUT2D eigenvalue weighted by Gasteiger charge is 2.22. The first-order valence-electron chi connectivity index (χ1n) is 9.38. The zero-order chi connectivity index (χ0) is 22.3. The summed E-state index contributed by atoms with van der Waals surface area (Å²) in [6.07, 6.45) is 0.0422. The molecule has 0 spiro atoms. The summed E-state index contributed by atoms with van der Waals surface area (Å²) in [6, 6.07) is 12.1. The lowest BCUT2D eigenvalue weighted by Gasteiger charge is -2.08. The summed E-state index contributed by atoms with van der Waals surface area (Å²) >= 11 is 12.3. The van der Waals surface area contributed by atoms with E-state index in [1.165, 1.54) is 0 Å². The van der Waals surface area contributed by atoms with E-state index in [-0.39, 0.29) is 23.8 Å². The number of carbonyl (C=O) groups is 2. The van der Waals surface area contributed by atoms with Gasteiger partial charge in [0.25, 0.3) is 5.91 Å². The summed E-state index contributed by atoms with van der Waals surface area (Å²) in [6.45, 7) is 3.67. The Hall–Kier alpha value is -3.29. The number of primary amides is 1. The number of aryl methyl sites for hydroxylation is 1. The number of anilines is 1. The Labute approximate surface area is 187 Å². The molecule has 2 aromatic carbocycles. The molecule has 0 fully saturated rings. The van der Waals surface area contributed by atoms with Gasteiger partial charge in [-0.05, 0) is 44.2 Å². The molecule has 7 nitrogen and oxygen atoms in total. The van der Waals surface area contributed by atoms with Gasteiger partial charge in [0.1, 0.15) is 11.3 Å². The number of amides is 2. The van der Waals surface area contributed by atoms with Crippen LogP contribution in [-0.2, 0) is 11.2 Å². The molecule has 3 N–H and O–H groups in total. The van der Waals surface area contributed by atoms with Crippen molar-refractivity contribution in [2.24, 2.45) is 5.73 Å². The maximum Gasteiger partial charge on any atom is 0.286 e. The largest absolute Gasteiger partial charge is 0.449 e. The van der Waals surface area contributed by atoms with Crippen molar-refractivity contribution < 1.29 is 14.0 Å². The van der Waals surface area contributed by atoms with Crippen molar-refractivity contribution in [1.82, 2.24) is 9.78 Å². The molecular formula is C22H18Cl2N4O3. The number of hydrogen-bond acceptors (Lipinski definition) is 4. The fraction of sp³-hybridized carbons (Fsp3) is 0.136. The third-order valence-corrected chi connectivity index (χ3v) is 5.54. The molecule has 0 radical (unpaired) electrons. The smallest absolute Gasteiger partial charge is 0.286 e. The summed E-state index contributed by atoms with van der Waals surface area (Å²) in [7, 11) is 0. The highest BCUT2D eigenvalue weighted by molar-refractivity contribution is 6.35. The first-order chi connectivity index (χ1) is 14.8. The zero-order valence-electron chi connectivity index (χ0n) is 16.7. The van der Waals surface area contributed by atoms with Crippen LogP contribution in [-0.4, -0.2) is 21.6 Å². The first-order valence-corrected chi connectivity index (χ1v) is 10.1. The van der Waals surface area contributed by atoms with Gasteiger partial charge in [0.15, 0.2) is 0 Å². The molecule has 0 unspecified atom stereocenters. The number of fused-ring (bicyclic) bond motifs is 1. The van der Waals surface area contributed by atoms with Gasteiger partial charge in [-0.3, -0.25) is 9.59 Å². The molecule has 158 valence electrons. The highest BCUT2D eigenvalue weighted by Crippen LogP contribution is 2.31. The number of hydrogen-bond donors (Lipinski definition) is 2. The van der Waals surface area contributed by atoms with Crippen molar-refractivity contribution >= 4 is 51.7 Å². The van der Waals surface area contributed by atoms with Gasteiger partial charge in [0, 0.05) is 21.7 Å². The maximum atomic E-state index is 12.9. The maximum absolute atomic E-state index is 12.9. The third-order valence-electron chi connectivity index (χ3n) is 5.00. The molecule has 31 heavy (non-hydrogen) atoms. The Morgan fingerprint density at radius 1 is 1.16 bits per heavy atom. The summed E-state index contributed by atoms with van der Waals surface area (Å²) in [4.78, 5) is 24.7. The molecule has 2 aromatic heterocycles. The van der Waals surface area contributed by atoms with Crippen molar-refractivity contribution in [3.8, 4) is 5.69 Å². The van der Waals surface area contributed by atoms with Gasteiger partial charge in [-0.25, -0.2) is 4.68 Å². The summed E-state index contributed by atoms with van der Waals surface area (Å²) in [5.74, 6) is -1.18. The monoisotopic (exact) mass is 456 g/mol. The first kappa shape index (κ1) is 21.0. The van der Waals surface area contributed by atoms with Crippen LogP contribution in [0.5, 0.6) is 0 Å². The molecule has 0 aliphatic carbocycles. The highest BCUT2D eigenvalue weighted by atomic mass is 35.5. The van der Waals surface area contributed by atoms with E-state index in [0.29, 0.717) is 32.4 Å². The number of benzene rings is 2. The van der Waals surface area contributed by atoms with Gasteiger partial charge in [0.2, 0.25) is 11.7 Å². The topological polar surface area (TPSA) is 103 Å². The molecule has 0 aliphatic heterocycles. The second-order valence-corrected chi connectivity index (χ2v) is 7.89. The van der Waals surface area contributed by atoms with Crippen molar-refractivity contribution in [3.63, 3.8) is 0 Å². The van der Waals surface area contributed by atoms with Crippen molar-refractivity contribution in [3.05, 3.63) is 75.2 Å². The molecule has 2 heterocycles. The Balaban J connectivity index is 1.65. The molecule has 2 amide bonds. The van der Waals surface area contributed by atoms with Crippen LogP contribution >= 0.6 is 23.2 Å². The predicted octanol–water partition coefficient (Wildman–Crippen LogP) is 4.82. The summed E-state index contributed by atoms with van der Waals surface area (Å²) in [5, 5.41) is 8.87. The van der Waals surface area contributed by atoms with E-state index in [1.807, 2.05) is 13.8 Å². The van der Waals surface area contributed by atoms with E-state index < -0.39 is 5.91 Å². The SMILES string of the molecule is Cc1nn(-c2ccc(Cl)cc2Cl)c(C)c1CC(=O)Nc1c(C(N)=O)oc2ccccc12. The van der Waals surface area contributed by atoms with Crippen LogP contribution in [0.2, 0.25) is 10.0 Å². The van der Waals surface area contributed by atoms with Crippen LogP contribution in [0.3, 0.4) is 0 Å². The molecule has 0 atom stereocenters. The van der Waals surface area contributed by atoms with E-state index in [9.17, 15) is 9.59 Å². The van der Waals surface area contributed by atoms with Gasteiger partial charge < -0.3 is 15.5 Å². The van der Waals surface area contributed by atoms with Gasteiger partial charge in [-0.15, -0.1) is 0 Å². The van der Waals surface area contributed by atoms with Crippen LogP contribution in [0.25, 0.3) is 16.7 Å². The van der Waals surface area contributed by atoms with Crippen molar-refractivity contribution in [1.29, 1.82) is 0 Å². The number of aromatic nitrogens is 2. The van der Waals surface area contributed by atoms with Crippen molar-refractivity contribution in [2.75, 3.05) is 5.32 Å². The third kappa shape index (κ3) is 3.89. The fourth-order valence-corrected chi connectivity index (χ4v) is 3.99. The molecule has 9 heteroatoms. The van der Waals surface area contributed by atoms with E-state index in [1.54, 1.807) is 47.1 Å². The van der Waals surface area contributed by atoms with Crippen LogP contribution in [0.1, 0.15) is 27.5 Å². The Morgan fingerprint density at radius 3 is 2.61 bits per heavy atom. The Bertz CT molecular complexity index is 1340. The number of nitrogens with zero attached hydrogens (tertiary/aromatic N) is 2. The Kier molecular flexibility index (Phi) is 5.47. The molecule has 4 aromatic rings. The van der Waals surface area contributed by atoms with Gasteiger partial charge >= 0.3 is 0 Å². The van der Waals surface area contributed by atoms with E-state index >= 15 is 0 Å². The van der Waals surface area contributed by atoms with E-state index in [0.717, 1.165) is 11.3 Å². The number of carbonyl (C=O) groups excluding carboxylic acids is 2. The van der Waals surface area contributed by atoms with Crippen LogP contribution in [0.4, 0.5) is 5.69 Å². The average molecular weight is 457 g/mol. The van der Waals surface area contributed by atoms with Crippen LogP contribution in [0, 0.1) is 13.8 Å².